The Balaban J connectivity index is 1.58. The van der Waals surface area contributed by atoms with E-state index >= 15 is 0 Å². The largest absolute Gasteiger partial charge is 0.335 e. The first kappa shape index (κ1) is 13.3. The molecule has 1 heterocycles. The Hall–Kier alpha value is -0.730. The molecule has 0 aromatic carbocycles. The van der Waals surface area contributed by atoms with Gasteiger partial charge in [0, 0.05) is 18.6 Å². The van der Waals surface area contributed by atoms with Crippen LogP contribution in [-0.2, 0) is 0 Å². The van der Waals surface area contributed by atoms with E-state index in [1.54, 1.807) is 0 Å². The molecule has 1 aliphatic heterocycles. The van der Waals surface area contributed by atoms with Crippen molar-refractivity contribution < 1.29 is 4.79 Å². The lowest BCUT2D eigenvalue weighted by molar-refractivity contribution is 0.0818. The van der Waals surface area contributed by atoms with Crippen LogP contribution in [-0.4, -0.2) is 29.6 Å². The Morgan fingerprint density at radius 2 is 1.53 bits per heavy atom. The summed E-state index contributed by atoms with van der Waals surface area (Å²) in [7, 11) is 0. The van der Waals surface area contributed by atoms with E-state index in [0.717, 1.165) is 12.5 Å². The number of likely N-dealkylation sites (tertiary alicyclic amines) is 1. The highest BCUT2D eigenvalue weighted by Crippen LogP contribution is 2.35. The third-order valence-corrected chi connectivity index (χ3v) is 5.44. The predicted molar refractivity (Wildman–Crippen MR) is 77.1 cm³/mol. The van der Waals surface area contributed by atoms with Crippen molar-refractivity contribution in [3.05, 3.63) is 0 Å². The molecule has 19 heavy (non-hydrogen) atoms. The van der Waals surface area contributed by atoms with Gasteiger partial charge in [0.25, 0.3) is 0 Å². The van der Waals surface area contributed by atoms with Gasteiger partial charge in [0.05, 0.1) is 0 Å². The summed E-state index contributed by atoms with van der Waals surface area (Å²) < 4.78 is 0. The monoisotopic (exact) mass is 264 g/mol. The fourth-order valence-electron chi connectivity index (χ4n) is 4.38. The van der Waals surface area contributed by atoms with Crippen LogP contribution in [0.4, 0.5) is 4.79 Å². The summed E-state index contributed by atoms with van der Waals surface area (Å²) in [4.78, 5) is 14.7. The number of carbonyl (C=O) groups excluding carboxylic acids is 1. The van der Waals surface area contributed by atoms with Crippen molar-refractivity contribution in [3.63, 3.8) is 0 Å². The molecule has 2 aliphatic carbocycles. The van der Waals surface area contributed by atoms with Gasteiger partial charge in [-0.2, -0.15) is 0 Å². The zero-order valence-corrected chi connectivity index (χ0v) is 12.1. The summed E-state index contributed by atoms with van der Waals surface area (Å²) in [5, 5.41) is 3.31. The number of fused-ring (bicyclic) bond motifs is 1. The zero-order valence-electron chi connectivity index (χ0n) is 12.1. The van der Waals surface area contributed by atoms with Crippen molar-refractivity contribution in [1.82, 2.24) is 10.2 Å². The molecule has 0 bridgehead atoms. The SMILES string of the molecule is O=C(NC1CCCCC1)N1CCC[C@H]2CCCC[C@H]21. The van der Waals surface area contributed by atoms with Crippen molar-refractivity contribution in [2.24, 2.45) is 5.92 Å². The van der Waals surface area contributed by atoms with E-state index in [9.17, 15) is 4.79 Å². The van der Waals surface area contributed by atoms with Gasteiger partial charge in [-0.15, -0.1) is 0 Å². The Morgan fingerprint density at radius 3 is 2.37 bits per heavy atom. The van der Waals surface area contributed by atoms with Crippen LogP contribution < -0.4 is 5.32 Å². The average molecular weight is 264 g/mol. The third-order valence-electron chi connectivity index (χ3n) is 5.44. The molecule has 1 N–H and O–H groups in total. The minimum absolute atomic E-state index is 0.239. The smallest absolute Gasteiger partial charge is 0.317 e. The molecule has 1 saturated heterocycles. The Morgan fingerprint density at radius 1 is 0.842 bits per heavy atom. The van der Waals surface area contributed by atoms with Gasteiger partial charge >= 0.3 is 6.03 Å². The molecule has 2 atom stereocenters. The maximum atomic E-state index is 12.5. The maximum Gasteiger partial charge on any atom is 0.317 e. The number of urea groups is 1. The molecule has 0 aromatic rings. The number of nitrogens with one attached hydrogen (secondary N) is 1. The summed E-state index contributed by atoms with van der Waals surface area (Å²) in [5.74, 6) is 0.791. The third kappa shape index (κ3) is 3.06. The van der Waals surface area contributed by atoms with Gasteiger partial charge in [0.1, 0.15) is 0 Å². The molecule has 3 nitrogen and oxygen atoms in total. The topological polar surface area (TPSA) is 32.3 Å². The van der Waals surface area contributed by atoms with Crippen molar-refractivity contribution >= 4 is 6.03 Å². The summed E-state index contributed by atoms with van der Waals surface area (Å²) in [6.07, 6.45) is 14.1. The van der Waals surface area contributed by atoms with Crippen LogP contribution in [0.15, 0.2) is 0 Å². The fraction of sp³-hybridized carbons (Fsp3) is 0.938. The number of carbonyl (C=O) groups is 1. The van der Waals surface area contributed by atoms with Gasteiger partial charge in [-0.1, -0.05) is 32.1 Å². The molecule has 3 fully saturated rings. The number of nitrogens with zero attached hydrogens (tertiary/aromatic N) is 1. The molecule has 108 valence electrons. The van der Waals surface area contributed by atoms with Crippen LogP contribution in [0.3, 0.4) is 0 Å². The van der Waals surface area contributed by atoms with E-state index in [1.807, 2.05) is 0 Å². The molecular weight excluding hydrogens is 236 g/mol. The van der Waals surface area contributed by atoms with E-state index in [1.165, 1.54) is 70.6 Å². The van der Waals surface area contributed by atoms with Crippen molar-refractivity contribution in [1.29, 1.82) is 0 Å². The first-order valence-electron chi connectivity index (χ1n) is 8.42. The second-order valence-corrected chi connectivity index (χ2v) is 6.73. The van der Waals surface area contributed by atoms with Crippen molar-refractivity contribution in [2.45, 2.75) is 82.7 Å². The Labute approximate surface area is 117 Å². The molecule has 2 saturated carbocycles. The van der Waals surface area contributed by atoms with E-state index < -0.39 is 0 Å². The fourth-order valence-corrected chi connectivity index (χ4v) is 4.38. The molecule has 0 spiro atoms. The minimum Gasteiger partial charge on any atom is -0.335 e. The normalized spacial score (nSPS) is 32.7. The highest BCUT2D eigenvalue weighted by molar-refractivity contribution is 5.75. The number of piperidine rings is 1. The summed E-state index contributed by atoms with van der Waals surface area (Å²) in [5.41, 5.74) is 0. The van der Waals surface area contributed by atoms with Crippen LogP contribution in [0.25, 0.3) is 0 Å². The van der Waals surface area contributed by atoms with Gasteiger partial charge < -0.3 is 10.2 Å². The molecular formula is C16H28N2O. The lowest BCUT2D eigenvalue weighted by Gasteiger charge is -2.44. The molecule has 3 rings (SSSR count). The highest BCUT2D eigenvalue weighted by Gasteiger charge is 2.36. The Bertz CT molecular complexity index is 310. The second-order valence-electron chi connectivity index (χ2n) is 6.73. The minimum atomic E-state index is 0.239. The molecule has 2 amide bonds. The molecule has 3 aliphatic rings. The van der Waals surface area contributed by atoms with Gasteiger partial charge in [-0.25, -0.2) is 4.79 Å². The molecule has 0 radical (unpaired) electrons. The lowest BCUT2D eigenvalue weighted by atomic mass is 9.78. The number of hydrogen-bond acceptors (Lipinski definition) is 1. The standard InChI is InChI=1S/C16H28N2O/c19-16(17-14-9-2-1-3-10-14)18-12-6-8-13-7-4-5-11-15(13)18/h13-15H,1-12H2,(H,17,19)/t13-,15-/m1/s1. The van der Waals surface area contributed by atoms with Crippen LogP contribution in [0, 0.1) is 5.92 Å². The van der Waals surface area contributed by atoms with Gasteiger partial charge in [-0.05, 0) is 44.4 Å². The quantitative estimate of drug-likeness (QED) is 0.770. The molecule has 0 unspecified atom stereocenters. The van der Waals surface area contributed by atoms with E-state index in [2.05, 4.69) is 10.2 Å². The van der Waals surface area contributed by atoms with Crippen LogP contribution in [0.2, 0.25) is 0 Å². The van der Waals surface area contributed by atoms with Gasteiger partial charge in [0.2, 0.25) is 0 Å². The highest BCUT2D eigenvalue weighted by atomic mass is 16.2. The summed E-state index contributed by atoms with van der Waals surface area (Å²) >= 11 is 0. The van der Waals surface area contributed by atoms with Crippen molar-refractivity contribution in [2.75, 3.05) is 6.54 Å². The van der Waals surface area contributed by atoms with Gasteiger partial charge in [0.15, 0.2) is 0 Å². The maximum absolute atomic E-state index is 12.5. The number of amides is 2. The van der Waals surface area contributed by atoms with E-state index in [4.69, 9.17) is 0 Å². The van der Waals surface area contributed by atoms with E-state index in [0.29, 0.717) is 12.1 Å². The van der Waals surface area contributed by atoms with E-state index in [-0.39, 0.29) is 6.03 Å². The van der Waals surface area contributed by atoms with Gasteiger partial charge in [-0.3, -0.25) is 0 Å². The molecule has 0 aromatic heterocycles. The predicted octanol–water partition coefficient (Wildman–Crippen LogP) is 3.68. The van der Waals surface area contributed by atoms with Crippen LogP contribution >= 0.6 is 0 Å². The van der Waals surface area contributed by atoms with Crippen LogP contribution in [0.1, 0.15) is 70.6 Å². The van der Waals surface area contributed by atoms with Crippen LogP contribution in [0.5, 0.6) is 0 Å². The summed E-state index contributed by atoms with van der Waals surface area (Å²) in [6, 6.07) is 1.24. The Kier molecular flexibility index (Phi) is 4.29. The van der Waals surface area contributed by atoms with Crippen molar-refractivity contribution in [3.8, 4) is 0 Å². The first-order valence-corrected chi connectivity index (χ1v) is 8.42. The zero-order chi connectivity index (χ0) is 13.1. The second kappa shape index (κ2) is 6.15. The first-order chi connectivity index (χ1) is 9.34. The number of rotatable bonds is 1. The summed E-state index contributed by atoms with van der Waals surface area (Å²) in [6.45, 7) is 0.986. The lowest BCUT2D eigenvalue weighted by Crippen LogP contribution is -2.55. The number of hydrogen-bond donors (Lipinski definition) is 1. The molecule has 3 heteroatoms. The average Bonchev–Trinajstić information content (AvgIpc) is 2.47.